The molecule has 0 N–H and O–H groups in total. The molecule has 1 aliphatic rings. The number of hydrogen-bond donors (Lipinski definition) is 0. The topological polar surface area (TPSA) is 61.8 Å². The molecule has 1 atom stereocenters. The summed E-state index contributed by atoms with van der Waals surface area (Å²) in [6.45, 7) is 7.65. The summed E-state index contributed by atoms with van der Waals surface area (Å²) in [7, 11) is 1.29. The average Bonchev–Trinajstić information content (AvgIpc) is 2.66. The van der Waals surface area contributed by atoms with Crippen LogP contribution in [0.1, 0.15) is 27.7 Å². The molecule has 0 aromatic carbocycles. The van der Waals surface area contributed by atoms with Crippen molar-refractivity contribution >= 4 is 11.9 Å². The summed E-state index contributed by atoms with van der Waals surface area (Å²) < 4.78 is 14.8. The molecule has 0 fully saturated rings. The van der Waals surface area contributed by atoms with Gasteiger partial charge in [-0.15, -0.1) is 0 Å². The molecule has 1 rings (SSSR count). The molecule has 20 heavy (non-hydrogen) atoms. The van der Waals surface area contributed by atoms with Gasteiger partial charge in [0.1, 0.15) is 6.26 Å². The van der Waals surface area contributed by atoms with Gasteiger partial charge in [-0.05, 0) is 18.4 Å². The predicted octanol–water partition coefficient (Wildman–Crippen LogP) is 2.49. The Kier molecular flexibility index (Phi) is 5.13. The molecule has 1 heterocycles. The first kappa shape index (κ1) is 16.0. The van der Waals surface area contributed by atoms with Gasteiger partial charge in [0.2, 0.25) is 0 Å². The average molecular weight is 280 g/mol. The first-order chi connectivity index (χ1) is 9.23. The fourth-order valence-corrected chi connectivity index (χ4v) is 1.33. The van der Waals surface area contributed by atoms with Crippen LogP contribution < -0.4 is 0 Å². The molecule has 5 nitrogen and oxygen atoms in total. The number of rotatable bonds is 4. The van der Waals surface area contributed by atoms with E-state index < -0.39 is 18.2 Å². The first-order valence-corrected chi connectivity index (χ1v) is 6.25. The lowest BCUT2D eigenvalue weighted by Gasteiger charge is -2.12. The lowest BCUT2D eigenvalue weighted by atomic mass is 9.95. The normalized spacial score (nSPS) is 19.9. The third kappa shape index (κ3) is 4.91. The minimum absolute atomic E-state index is 0.0799. The molecule has 0 saturated heterocycles. The maximum Gasteiger partial charge on any atom is 0.340 e. The van der Waals surface area contributed by atoms with Crippen molar-refractivity contribution in [2.24, 2.45) is 5.41 Å². The van der Waals surface area contributed by atoms with Crippen molar-refractivity contribution in [1.82, 2.24) is 0 Å². The van der Waals surface area contributed by atoms with Gasteiger partial charge in [0.05, 0.1) is 12.7 Å². The van der Waals surface area contributed by atoms with E-state index in [9.17, 15) is 9.59 Å². The summed E-state index contributed by atoms with van der Waals surface area (Å²) in [6, 6.07) is 0. The van der Waals surface area contributed by atoms with Crippen LogP contribution in [0.25, 0.3) is 0 Å². The SMILES string of the molecule is COC(=O)C(/C=C/C(C)(C)C)=C/OC1C=C(C)C(=O)O1. The maximum absolute atomic E-state index is 11.6. The van der Waals surface area contributed by atoms with Crippen LogP contribution in [0, 0.1) is 5.41 Å². The minimum atomic E-state index is -0.801. The van der Waals surface area contributed by atoms with Crippen LogP contribution in [0.3, 0.4) is 0 Å². The van der Waals surface area contributed by atoms with Crippen molar-refractivity contribution in [3.8, 4) is 0 Å². The zero-order valence-electron chi connectivity index (χ0n) is 12.4. The van der Waals surface area contributed by atoms with E-state index in [1.54, 1.807) is 19.1 Å². The van der Waals surface area contributed by atoms with Crippen LogP contribution >= 0.6 is 0 Å². The Hall–Kier alpha value is -2.04. The van der Waals surface area contributed by atoms with Gasteiger partial charge >= 0.3 is 11.9 Å². The maximum atomic E-state index is 11.6. The first-order valence-electron chi connectivity index (χ1n) is 6.25. The fourth-order valence-electron chi connectivity index (χ4n) is 1.33. The van der Waals surface area contributed by atoms with E-state index in [-0.39, 0.29) is 11.0 Å². The van der Waals surface area contributed by atoms with E-state index in [4.69, 9.17) is 9.47 Å². The molecule has 1 unspecified atom stereocenters. The van der Waals surface area contributed by atoms with Crippen LogP contribution in [0.2, 0.25) is 0 Å². The summed E-state index contributed by atoms with van der Waals surface area (Å²) in [5.41, 5.74) is 0.647. The highest BCUT2D eigenvalue weighted by molar-refractivity contribution is 5.91. The van der Waals surface area contributed by atoms with Crippen LogP contribution in [0.5, 0.6) is 0 Å². The van der Waals surface area contributed by atoms with Crippen molar-refractivity contribution < 1.29 is 23.8 Å². The van der Waals surface area contributed by atoms with E-state index in [0.29, 0.717) is 5.57 Å². The molecule has 0 aromatic heterocycles. The molecule has 0 radical (unpaired) electrons. The summed E-state index contributed by atoms with van der Waals surface area (Å²) in [4.78, 5) is 22.8. The van der Waals surface area contributed by atoms with E-state index >= 15 is 0 Å². The number of cyclic esters (lactones) is 1. The Balaban J connectivity index is 2.79. The second kappa shape index (κ2) is 6.41. The minimum Gasteiger partial charge on any atom is -0.465 e. The fraction of sp³-hybridized carbons (Fsp3) is 0.467. The van der Waals surface area contributed by atoms with Crippen molar-refractivity contribution in [2.75, 3.05) is 7.11 Å². The van der Waals surface area contributed by atoms with E-state index in [1.165, 1.54) is 13.4 Å². The number of esters is 2. The molecule has 0 aliphatic carbocycles. The summed E-state index contributed by atoms with van der Waals surface area (Å²) in [5, 5.41) is 0. The van der Waals surface area contributed by atoms with Crippen LogP contribution in [-0.4, -0.2) is 25.3 Å². The lowest BCUT2D eigenvalue weighted by molar-refractivity contribution is -0.152. The van der Waals surface area contributed by atoms with Crippen LogP contribution in [0.4, 0.5) is 0 Å². The van der Waals surface area contributed by atoms with Crippen molar-refractivity contribution in [2.45, 2.75) is 34.0 Å². The largest absolute Gasteiger partial charge is 0.465 e. The number of ether oxygens (including phenoxy) is 3. The second-order valence-corrected chi connectivity index (χ2v) is 5.52. The zero-order chi connectivity index (χ0) is 15.3. The van der Waals surface area contributed by atoms with Gasteiger partial charge in [-0.1, -0.05) is 26.8 Å². The number of carbonyl (C=O) groups is 2. The van der Waals surface area contributed by atoms with E-state index in [2.05, 4.69) is 4.74 Å². The van der Waals surface area contributed by atoms with Crippen LogP contribution in [0.15, 0.2) is 35.6 Å². The molecule has 0 amide bonds. The van der Waals surface area contributed by atoms with Gasteiger partial charge < -0.3 is 14.2 Å². The van der Waals surface area contributed by atoms with Gasteiger partial charge in [-0.2, -0.15) is 0 Å². The van der Waals surface area contributed by atoms with Gasteiger partial charge in [-0.25, -0.2) is 9.59 Å². The molecule has 0 aromatic rings. The van der Waals surface area contributed by atoms with Gasteiger partial charge in [0.15, 0.2) is 0 Å². The van der Waals surface area contributed by atoms with E-state index in [0.717, 1.165) is 0 Å². The smallest absolute Gasteiger partial charge is 0.340 e. The van der Waals surface area contributed by atoms with Crippen molar-refractivity contribution in [1.29, 1.82) is 0 Å². The highest BCUT2D eigenvalue weighted by Gasteiger charge is 2.23. The Morgan fingerprint density at radius 2 is 2.05 bits per heavy atom. The predicted molar refractivity (Wildman–Crippen MR) is 73.4 cm³/mol. The third-order valence-electron chi connectivity index (χ3n) is 2.44. The van der Waals surface area contributed by atoms with E-state index in [1.807, 2.05) is 26.8 Å². The molecule has 0 saturated carbocycles. The summed E-state index contributed by atoms with van der Waals surface area (Å²) in [5.74, 6) is -0.941. The molecular formula is C15H20O5. The second-order valence-electron chi connectivity index (χ2n) is 5.52. The highest BCUT2D eigenvalue weighted by Crippen LogP contribution is 2.18. The number of hydrogen-bond acceptors (Lipinski definition) is 5. The summed E-state index contributed by atoms with van der Waals surface area (Å²) in [6.07, 6.45) is 5.47. The Bertz CT molecular complexity index is 477. The monoisotopic (exact) mass is 280 g/mol. The molecule has 0 bridgehead atoms. The molecule has 0 spiro atoms. The molecule has 1 aliphatic heterocycles. The number of carbonyl (C=O) groups excluding carboxylic acids is 2. The van der Waals surface area contributed by atoms with Gasteiger partial charge in [0.25, 0.3) is 6.29 Å². The lowest BCUT2D eigenvalue weighted by Crippen LogP contribution is -2.11. The van der Waals surface area contributed by atoms with Crippen LogP contribution in [-0.2, 0) is 23.8 Å². The number of methoxy groups -OCH3 is 1. The summed E-state index contributed by atoms with van der Waals surface area (Å²) >= 11 is 0. The highest BCUT2D eigenvalue weighted by atomic mass is 16.7. The van der Waals surface area contributed by atoms with Gasteiger partial charge in [0, 0.05) is 11.6 Å². The molecule has 110 valence electrons. The Labute approximate surface area is 118 Å². The Morgan fingerprint density at radius 3 is 2.50 bits per heavy atom. The molecular weight excluding hydrogens is 260 g/mol. The van der Waals surface area contributed by atoms with Crippen molar-refractivity contribution in [3.05, 3.63) is 35.6 Å². The Morgan fingerprint density at radius 1 is 1.40 bits per heavy atom. The quantitative estimate of drug-likeness (QED) is 0.343. The zero-order valence-corrected chi connectivity index (χ0v) is 12.4. The standard InChI is InChI=1S/C15H20O5/c1-10-8-12(20-13(10)16)19-9-11(14(17)18-5)6-7-15(2,3)4/h6-9,12H,1-5H3/b7-6+,11-9+. The third-order valence-corrected chi connectivity index (χ3v) is 2.44. The van der Waals surface area contributed by atoms with Gasteiger partial charge in [-0.3, -0.25) is 0 Å². The number of allylic oxidation sites excluding steroid dienone is 1. The molecule has 5 heteroatoms. The van der Waals surface area contributed by atoms with Crippen molar-refractivity contribution in [3.63, 3.8) is 0 Å².